The molecule has 21 heavy (non-hydrogen) atoms. The van der Waals surface area contributed by atoms with Gasteiger partial charge in [0.1, 0.15) is 17.5 Å². The van der Waals surface area contributed by atoms with Gasteiger partial charge in [-0.15, -0.1) is 0 Å². The number of rotatable bonds is 6. The molecule has 1 aromatic rings. The number of nitrogens with one attached hydrogen (secondary N) is 1. The number of hydrogen-bond donors (Lipinski definition) is 1. The predicted molar refractivity (Wildman–Crippen MR) is 72.6 cm³/mol. The summed E-state index contributed by atoms with van der Waals surface area (Å²) < 4.78 is 16.0. The van der Waals surface area contributed by atoms with Crippen molar-refractivity contribution < 1.29 is 18.9 Å². The maximum atomic E-state index is 12.1. The summed E-state index contributed by atoms with van der Waals surface area (Å²) in [6, 6.07) is 0.00478. The summed E-state index contributed by atoms with van der Waals surface area (Å²) in [5.41, 5.74) is 1.23. The van der Waals surface area contributed by atoms with E-state index in [-0.39, 0.29) is 24.5 Å². The molecule has 7 heteroatoms. The highest BCUT2D eigenvalue weighted by atomic mass is 16.6. The van der Waals surface area contributed by atoms with Gasteiger partial charge in [0.05, 0.1) is 19.1 Å². The zero-order valence-corrected chi connectivity index (χ0v) is 12.2. The standard InChI is InChI=1S/C14H21N3O4/c1-9-12(17-21-16-9)6-14(18)15-11-4-5-19-8-13(11)20-7-10-2-3-10/h10-11,13H,2-8H2,1H3,(H,15,18)/t11-,13-/m1/s1. The Morgan fingerprint density at radius 2 is 2.24 bits per heavy atom. The fraction of sp³-hybridized carbons (Fsp3) is 0.786. The number of aryl methyl sites for hydroxylation is 1. The van der Waals surface area contributed by atoms with Crippen molar-refractivity contribution in [2.24, 2.45) is 5.92 Å². The predicted octanol–water partition coefficient (Wildman–Crippen LogP) is 0.621. The highest BCUT2D eigenvalue weighted by Gasteiger charge is 2.30. The quantitative estimate of drug-likeness (QED) is 0.828. The zero-order valence-electron chi connectivity index (χ0n) is 12.2. The fourth-order valence-corrected chi connectivity index (χ4v) is 2.41. The Morgan fingerprint density at radius 3 is 2.95 bits per heavy atom. The molecule has 2 fully saturated rings. The van der Waals surface area contributed by atoms with E-state index in [2.05, 4.69) is 20.3 Å². The van der Waals surface area contributed by atoms with E-state index in [4.69, 9.17) is 9.47 Å². The van der Waals surface area contributed by atoms with Crippen LogP contribution >= 0.6 is 0 Å². The molecule has 2 heterocycles. The molecule has 1 aliphatic heterocycles. The fourth-order valence-electron chi connectivity index (χ4n) is 2.41. The van der Waals surface area contributed by atoms with Crippen molar-refractivity contribution in [2.75, 3.05) is 19.8 Å². The van der Waals surface area contributed by atoms with Crippen LogP contribution in [0.1, 0.15) is 30.7 Å². The first-order valence-electron chi connectivity index (χ1n) is 7.49. The number of aromatic nitrogens is 2. The van der Waals surface area contributed by atoms with Gasteiger partial charge in [-0.05, 0) is 32.1 Å². The third kappa shape index (κ3) is 4.01. The molecule has 0 radical (unpaired) electrons. The number of carbonyl (C=O) groups is 1. The minimum absolute atomic E-state index is 0.00478. The Balaban J connectivity index is 1.50. The van der Waals surface area contributed by atoms with Gasteiger partial charge in [-0.1, -0.05) is 10.3 Å². The molecular weight excluding hydrogens is 274 g/mol. The Kier molecular flexibility index (Phi) is 4.50. The van der Waals surface area contributed by atoms with E-state index in [1.54, 1.807) is 6.92 Å². The van der Waals surface area contributed by atoms with Crippen LogP contribution in [0.2, 0.25) is 0 Å². The maximum absolute atomic E-state index is 12.1. The molecule has 0 unspecified atom stereocenters. The summed E-state index contributed by atoms with van der Waals surface area (Å²) in [7, 11) is 0. The van der Waals surface area contributed by atoms with Gasteiger partial charge in [0.15, 0.2) is 0 Å². The van der Waals surface area contributed by atoms with E-state index in [0.29, 0.717) is 30.5 Å². The second-order valence-corrected chi connectivity index (χ2v) is 5.83. The molecule has 1 N–H and O–H groups in total. The first-order valence-corrected chi connectivity index (χ1v) is 7.49. The lowest BCUT2D eigenvalue weighted by Crippen LogP contribution is -2.50. The van der Waals surface area contributed by atoms with Crippen LogP contribution in [0.15, 0.2) is 4.63 Å². The summed E-state index contributed by atoms with van der Waals surface area (Å²) in [5, 5.41) is 10.4. The minimum Gasteiger partial charge on any atom is -0.379 e. The molecule has 1 amide bonds. The molecule has 1 saturated heterocycles. The van der Waals surface area contributed by atoms with E-state index >= 15 is 0 Å². The summed E-state index contributed by atoms with van der Waals surface area (Å²) >= 11 is 0. The lowest BCUT2D eigenvalue weighted by Gasteiger charge is -2.32. The second-order valence-electron chi connectivity index (χ2n) is 5.83. The van der Waals surface area contributed by atoms with Crippen molar-refractivity contribution in [1.29, 1.82) is 0 Å². The van der Waals surface area contributed by atoms with Crippen molar-refractivity contribution in [3.63, 3.8) is 0 Å². The van der Waals surface area contributed by atoms with Gasteiger partial charge >= 0.3 is 0 Å². The van der Waals surface area contributed by atoms with E-state index in [1.807, 2.05) is 0 Å². The lowest BCUT2D eigenvalue weighted by atomic mass is 10.1. The molecule has 2 atom stereocenters. The topological polar surface area (TPSA) is 86.5 Å². The van der Waals surface area contributed by atoms with Crippen LogP contribution in [0, 0.1) is 12.8 Å². The average Bonchev–Trinajstić information content (AvgIpc) is 3.22. The number of ether oxygens (including phenoxy) is 2. The van der Waals surface area contributed by atoms with Gasteiger partial charge in [-0.2, -0.15) is 0 Å². The normalized spacial score (nSPS) is 25.8. The van der Waals surface area contributed by atoms with Gasteiger partial charge in [0.25, 0.3) is 0 Å². The summed E-state index contributed by atoms with van der Waals surface area (Å²) in [6.07, 6.45) is 3.41. The molecule has 7 nitrogen and oxygen atoms in total. The Labute approximate surface area is 123 Å². The van der Waals surface area contributed by atoms with E-state index < -0.39 is 0 Å². The average molecular weight is 295 g/mol. The molecule has 1 aromatic heterocycles. The largest absolute Gasteiger partial charge is 0.379 e. The van der Waals surface area contributed by atoms with Crippen LogP contribution < -0.4 is 5.32 Å². The van der Waals surface area contributed by atoms with Crippen LogP contribution in [0.25, 0.3) is 0 Å². The van der Waals surface area contributed by atoms with Crippen molar-refractivity contribution >= 4 is 5.91 Å². The number of hydrogen-bond acceptors (Lipinski definition) is 6. The first kappa shape index (κ1) is 14.5. The minimum atomic E-state index is -0.0827. The molecule has 2 aliphatic rings. The second kappa shape index (κ2) is 6.53. The summed E-state index contributed by atoms with van der Waals surface area (Å²) in [5.74, 6) is 0.618. The lowest BCUT2D eigenvalue weighted by molar-refractivity contribution is -0.125. The van der Waals surface area contributed by atoms with E-state index in [1.165, 1.54) is 12.8 Å². The number of nitrogens with zero attached hydrogens (tertiary/aromatic N) is 2. The molecule has 116 valence electrons. The van der Waals surface area contributed by atoms with Crippen LogP contribution in [0.4, 0.5) is 0 Å². The zero-order chi connectivity index (χ0) is 14.7. The number of amides is 1. The molecule has 0 bridgehead atoms. The maximum Gasteiger partial charge on any atom is 0.226 e. The van der Waals surface area contributed by atoms with Crippen molar-refractivity contribution in [3.05, 3.63) is 11.4 Å². The van der Waals surface area contributed by atoms with Gasteiger partial charge in [-0.3, -0.25) is 4.79 Å². The summed E-state index contributed by atoms with van der Waals surface area (Å²) in [4.78, 5) is 12.1. The van der Waals surface area contributed by atoms with Crippen LogP contribution in [-0.4, -0.2) is 48.2 Å². The van der Waals surface area contributed by atoms with Crippen LogP contribution in [0.5, 0.6) is 0 Å². The van der Waals surface area contributed by atoms with Crippen molar-refractivity contribution in [3.8, 4) is 0 Å². The molecule has 0 spiro atoms. The molecule has 3 rings (SSSR count). The summed E-state index contributed by atoms with van der Waals surface area (Å²) in [6.45, 7) is 3.74. The Hall–Kier alpha value is -1.47. The molecule has 1 saturated carbocycles. The monoisotopic (exact) mass is 295 g/mol. The van der Waals surface area contributed by atoms with Gasteiger partial charge in [0, 0.05) is 13.2 Å². The highest BCUT2D eigenvalue weighted by molar-refractivity contribution is 5.78. The Bertz CT molecular complexity index is 486. The van der Waals surface area contributed by atoms with Crippen LogP contribution in [0.3, 0.4) is 0 Å². The van der Waals surface area contributed by atoms with Gasteiger partial charge in [-0.25, -0.2) is 4.63 Å². The van der Waals surface area contributed by atoms with Crippen molar-refractivity contribution in [2.45, 2.75) is 44.8 Å². The first-order chi connectivity index (χ1) is 10.2. The van der Waals surface area contributed by atoms with Crippen molar-refractivity contribution in [1.82, 2.24) is 15.6 Å². The SMILES string of the molecule is Cc1nonc1CC(=O)N[C@@H]1CCOC[C@H]1OCC1CC1. The molecule has 1 aliphatic carbocycles. The molecular formula is C14H21N3O4. The van der Waals surface area contributed by atoms with Crippen LogP contribution in [-0.2, 0) is 20.7 Å². The van der Waals surface area contributed by atoms with Gasteiger partial charge in [0.2, 0.25) is 5.91 Å². The third-order valence-corrected chi connectivity index (χ3v) is 3.97. The smallest absolute Gasteiger partial charge is 0.226 e. The third-order valence-electron chi connectivity index (χ3n) is 3.97. The van der Waals surface area contributed by atoms with Gasteiger partial charge < -0.3 is 14.8 Å². The van der Waals surface area contributed by atoms with E-state index in [9.17, 15) is 4.79 Å². The molecule has 0 aromatic carbocycles. The highest BCUT2D eigenvalue weighted by Crippen LogP contribution is 2.29. The Morgan fingerprint density at radius 1 is 1.38 bits per heavy atom. The van der Waals surface area contributed by atoms with E-state index in [0.717, 1.165) is 13.0 Å². The number of carbonyl (C=O) groups excluding carboxylic acids is 1.